The predicted octanol–water partition coefficient (Wildman–Crippen LogP) is 2.94. The fourth-order valence-corrected chi connectivity index (χ4v) is 2.55. The number of fused-ring (bicyclic) bond motifs is 1. The van der Waals surface area contributed by atoms with Gasteiger partial charge in [0.15, 0.2) is 0 Å². The van der Waals surface area contributed by atoms with E-state index in [2.05, 4.69) is 34.5 Å². The Labute approximate surface area is 124 Å². The molecule has 0 fully saturated rings. The van der Waals surface area contributed by atoms with E-state index in [9.17, 15) is 0 Å². The van der Waals surface area contributed by atoms with Gasteiger partial charge in [-0.3, -0.25) is 4.68 Å². The minimum atomic E-state index is 0.0946. The zero-order chi connectivity index (χ0) is 14.7. The van der Waals surface area contributed by atoms with Crippen LogP contribution >= 0.6 is 0 Å². The molecule has 1 N–H and O–H groups in total. The summed E-state index contributed by atoms with van der Waals surface area (Å²) in [5.41, 5.74) is 0.919. The molecule has 1 atom stereocenters. The number of aryl methyl sites for hydroxylation is 1. The number of rotatable bonds is 6. The van der Waals surface area contributed by atoms with E-state index in [0.717, 1.165) is 41.9 Å². The maximum atomic E-state index is 5.95. The van der Waals surface area contributed by atoms with E-state index in [1.54, 1.807) is 6.33 Å². The molecule has 2 aromatic heterocycles. The highest BCUT2D eigenvalue weighted by Gasteiger charge is 2.18. The molecule has 1 unspecified atom stereocenters. The number of furan rings is 1. The molecule has 0 saturated heterocycles. The van der Waals surface area contributed by atoms with Crippen molar-refractivity contribution < 1.29 is 4.42 Å². The summed E-state index contributed by atoms with van der Waals surface area (Å²) in [5.74, 6) is 1.92. The zero-order valence-electron chi connectivity index (χ0n) is 12.4. The third-order valence-electron chi connectivity index (χ3n) is 3.65. The van der Waals surface area contributed by atoms with Gasteiger partial charge in [0.1, 0.15) is 23.5 Å². The van der Waals surface area contributed by atoms with Crippen molar-refractivity contribution in [3.63, 3.8) is 0 Å². The van der Waals surface area contributed by atoms with Crippen molar-refractivity contribution >= 4 is 11.0 Å². The smallest absolute Gasteiger partial charge is 0.138 e. The van der Waals surface area contributed by atoms with Crippen LogP contribution in [-0.2, 0) is 13.0 Å². The first-order valence-corrected chi connectivity index (χ1v) is 7.34. The maximum absolute atomic E-state index is 5.95. The van der Waals surface area contributed by atoms with Gasteiger partial charge in [0, 0.05) is 18.4 Å². The average molecular weight is 284 g/mol. The van der Waals surface area contributed by atoms with Gasteiger partial charge in [-0.2, -0.15) is 5.10 Å². The van der Waals surface area contributed by atoms with Gasteiger partial charge in [0.2, 0.25) is 0 Å². The third kappa shape index (κ3) is 2.83. The van der Waals surface area contributed by atoms with E-state index in [4.69, 9.17) is 4.42 Å². The molecule has 5 nitrogen and oxygen atoms in total. The Bertz CT molecular complexity index is 683. The summed E-state index contributed by atoms with van der Waals surface area (Å²) < 4.78 is 7.92. The molecule has 3 rings (SSSR count). The van der Waals surface area contributed by atoms with Crippen molar-refractivity contribution in [3.05, 3.63) is 48.2 Å². The summed E-state index contributed by atoms with van der Waals surface area (Å²) >= 11 is 0. The van der Waals surface area contributed by atoms with Gasteiger partial charge in [0.05, 0.1) is 6.04 Å². The molecule has 5 heteroatoms. The molecule has 0 radical (unpaired) electrons. The number of hydrogen-bond donors (Lipinski definition) is 1. The van der Waals surface area contributed by atoms with Gasteiger partial charge in [-0.05, 0) is 25.6 Å². The van der Waals surface area contributed by atoms with Gasteiger partial charge in [-0.25, -0.2) is 4.98 Å². The Kier molecular flexibility index (Phi) is 4.01. The summed E-state index contributed by atoms with van der Waals surface area (Å²) in [6.45, 7) is 3.03. The van der Waals surface area contributed by atoms with E-state index in [1.807, 2.05) is 29.9 Å². The van der Waals surface area contributed by atoms with Gasteiger partial charge in [0.25, 0.3) is 0 Å². The molecule has 0 saturated carbocycles. The van der Waals surface area contributed by atoms with Crippen LogP contribution in [0.1, 0.15) is 31.0 Å². The van der Waals surface area contributed by atoms with Crippen LogP contribution in [0.15, 0.2) is 41.1 Å². The van der Waals surface area contributed by atoms with Crippen molar-refractivity contribution in [2.24, 2.45) is 0 Å². The highest BCUT2D eigenvalue weighted by atomic mass is 16.3. The standard InChI is InChI=1S/C16H20N4O/c1-3-8-20-16(18-11-19-20)10-13(17-2)15-9-12-6-4-5-7-14(12)21-15/h4-7,9,11,13,17H,3,8,10H2,1-2H3. The molecule has 1 aromatic carbocycles. The lowest BCUT2D eigenvalue weighted by Crippen LogP contribution is -2.20. The molecule has 0 spiro atoms. The van der Waals surface area contributed by atoms with Crippen LogP contribution in [0, 0.1) is 0 Å². The Morgan fingerprint density at radius 3 is 2.95 bits per heavy atom. The molecule has 0 aliphatic carbocycles. The molecule has 3 aromatic rings. The van der Waals surface area contributed by atoms with Crippen LogP contribution in [0.25, 0.3) is 11.0 Å². The number of benzene rings is 1. The molecular formula is C16H20N4O. The summed E-state index contributed by atoms with van der Waals surface area (Å²) in [6, 6.07) is 10.3. The van der Waals surface area contributed by atoms with E-state index < -0.39 is 0 Å². The lowest BCUT2D eigenvalue weighted by molar-refractivity contribution is 0.434. The van der Waals surface area contributed by atoms with Crippen LogP contribution in [0.2, 0.25) is 0 Å². The van der Waals surface area contributed by atoms with Crippen LogP contribution < -0.4 is 5.32 Å². The van der Waals surface area contributed by atoms with Crippen LogP contribution in [0.3, 0.4) is 0 Å². The third-order valence-corrected chi connectivity index (χ3v) is 3.65. The summed E-state index contributed by atoms with van der Waals surface area (Å²) in [4.78, 5) is 4.37. The number of nitrogens with zero attached hydrogens (tertiary/aromatic N) is 3. The number of para-hydroxylation sites is 1. The number of nitrogens with one attached hydrogen (secondary N) is 1. The van der Waals surface area contributed by atoms with Gasteiger partial charge >= 0.3 is 0 Å². The molecule has 110 valence electrons. The molecule has 2 heterocycles. The first kappa shape index (κ1) is 13.8. The van der Waals surface area contributed by atoms with Gasteiger partial charge in [-0.1, -0.05) is 25.1 Å². The Balaban J connectivity index is 1.85. The fraction of sp³-hybridized carbons (Fsp3) is 0.375. The monoisotopic (exact) mass is 284 g/mol. The molecular weight excluding hydrogens is 264 g/mol. The largest absolute Gasteiger partial charge is 0.459 e. The quantitative estimate of drug-likeness (QED) is 0.756. The van der Waals surface area contributed by atoms with Crippen molar-refractivity contribution in [3.8, 4) is 0 Å². The lowest BCUT2D eigenvalue weighted by Gasteiger charge is -2.13. The van der Waals surface area contributed by atoms with E-state index in [1.165, 1.54) is 0 Å². The lowest BCUT2D eigenvalue weighted by atomic mass is 10.1. The molecule has 0 aliphatic rings. The second-order valence-corrected chi connectivity index (χ2v) is 5.13. The first-order valence-electron chi connectivity index (χ1n) is 7.34. The normalized spacial score (nSPS) is 12.9. The Hall–Kier alpha value is -2.14. The van der Waals surface area contributed by atoms with E-state index in [-0.39, 0.29) is 6.04 Å². The molecule has 0 aliphatic heterocycles. The summed E-state index contributed by atoms with van der Waals surface area (Å²) in [7, 11) is 1.94. The first-order chi connectivity index (χ1) is 10.3. The summed E-state index contributed by atoms with van der Waals surface area (Å²) in [5, 5.41) is 8.72. The maximum Gasteiger partial charge on any atom is 0.138 e. The van der Waals surface area contributed by atoms with Crippen molar-refractivity contribution in [1.82, 2.24) is 20.1 Å². The average Bonchev–Trinajstić information content (AvgIpc) is 3.11. The number of aromatic nitrogens is 3. The van der Waals surface area contributed by atoms with Crippen molar-refractivity contribution in [2.75, 3.05) is 7.05 Å². The molecule has 0 amide bonds. The number of hydrogen-bond acceptors (Lipinski definition) is 4. The van der Waals surface area contributed by atoms with Gasteiger partial charge in [-0.15, -0.1) is 0 Å². The highest BCUT2D eigenvalue weighted by Crippen LogP contribution is 2.25. The Morgan fingerprint density at radius 1 is 1.33 bits per heavy atom. The second kappa shape index (κ2) is 6.10. The van der Waals surface area contributed by atoms with Crippen molar-refractivity contribution in [1.29, 1.82) is 0 Å². The van der Waals surface area contributed by atoms with Gasteiger partial charge < -0.3 is 9.73 Å². The SMILES string of the molecule is CCCn1ncnc1CC(NC)c1cc2ccccc2o1. The van der Waals surface area contributed by atoms with Crippen LogP contribution in [0.5, 0.6) is 0 Å². The minimum Gasteiger partial charge on any atom is -0.459 e. The Morgan fingerprint density at radius 2 is 2.19 bits per heavy atom. The number of likely N-dealkylation sites (N-methyl/N-ethyl adjacent to an activating group) is 1. The predicted molar refractivity (Wildman–Crippen MR) is 82.0 cm³/mol. The van der Waals surface area contributed by atoms with Crippen LogP contribution in [-0.4, -0.2) is 21.8 Å². The topological polar surface area (TPSA) is 55.9 Å². The second-order valence-electron chi connectivity index (χ2n) is 5.13. The summed E-state index contributed by atoms with van der Waals surface area (Å²) in [6.07, 6.45) is 3.43. The van der Waals surface area contributed by atoms with E-state index in [0.29, 0.717) is 0 Å². The fourth-order valence-electron chi connectivity index (χ4n) is 2.55. The zero-order valence-corrected chi connectivity index (χ0v) is 12.4. The molecule has 21 heavy (non-hydrogen) atoms. The minimum absolute atomic E-state index is 0.0946. The van der Waals surface area contributed by atoms with E-state index >= 15 is 0 Å². The van der Waals surface area contributed by atoms with Crippen molar-refractivity contribution in [2.45, 2.75) is 32.4 Å². The highest BCUT2D eigenvalue weighted by molar-refractivity contribution is 5.77. The molecule has 0 bridgehead atoms. The van der Waals surface area contributed by atoms with Crippen LogP contribution in [0.4, 0.5) is 0 Å².